The number of hydrogen-bond acceptors (Lipinski definition) is 5. The largest absolute Gasteiger partial charge is 0.239 e. The molecule has 0 unspecified atom stereocenters. The fourth-order valence-corrected chi connectivity index (χ4v) is 1.02. The first kappa shape index (κ1) is 7.08. The molecule has 0 bridgehead atoms. The molecule has 1 N–H and O–H groups in total. The van der Waals surface area contributed by atoms with E-state index in [4.69, 9.17) is 0 Å². The summed E-state index contributed by atoms with van der Waals surface area (Å²) in [7, 11) is 0. The van der Waals surface area contributed by atoms with Gasteiger partial charge in [0.05, 0.1) is 5.69 Å². The number of rotatable bonds is 1. The van der Waals surface area contributed by atoms with Crippen LogP contribution in [0.2, 0.25) is 0 Å². The van der Waals surface area contributed by atoms with Gasteiger partial charge in [0.15, 0.2) is 5.52 Å². The van der Waals surface area contributed by atoms with E-state index in [0.29, 0.717) is 11.2 Å². The normalized spacial score (nSPS) is 11.2. The molecule has 0 aliphatic rings. The molecule has 0 radical (unpaired) electrons. The van der Waals surface area contributed by atoms with E-state index in [9.17, 15) is 0 Å². The van der Waals surface area contributed by atoms with Gasteiger partial charge in [-0.3, -0.25) is 0 Å². The lowest BCUT2D eigenvalue weighted by Crippen LogP contribution is -1.98. The predicted molar refractivity (Wildman–Crippen MR) is 41.4 cm³/mol. The summed E-state index contributed by atoms with van der Waals surface area (Å²) in [4.78, 5) is 0. The molecule has 0 saturated carbocycles. The lowest BCUT2D eigenvalue weighted by molar-refractivity contribution is 0.759. The van der Waals surface area contributed by atoms with Crippen LogP contribution in [0, 0.1) is 0 Å². The Morgan fingerprint density at radius 2 is 2.00 bits per heavy atom. The van der Waals surface area contributed by atoms with Crippen molar-refractivity contribution in [3.63, 3.8) is 0 Å². The molecule has 6 nitrogen and oxygen atoms in total. The second kappa shape index (κ2) is 2.47. The lowest BCUT2D eigenvalue weighted by Gasteiger charge is -2.00. The van der Waals surface area contributed by atoms with Crippen LogP contribution in [0.3, 0.4) is 0 Å². The van der Waals surface area contributed by atoms with E-state index >= 15 is 0 Å². The zero-order chi connectivity index (χ0) is 8.55. The van der Waals surface area contributed by atoms with Crippen LogP contribution in [-0.4, -0.2) is 30.8 Å². The standard InChI is InChI=1S/C6H8N6/c1-3(2)4-5-6(9-11-7-4)10-12-8-5/h3H,1-2H3,(H,7,8,9,10,12). The minimum Gasteiger partial charge on any atom is -0.239 e. The number of fused-ring (bicyclic) bond motifs is 1. The highest BCUT2D eigenvalue weighted by molar-refractivity contribution is 5.70. The van der Waals surface area contributed by atoms with E-state index < -0.39 is 0 Å². The summed E-state index contributed by atoms with van der Waals surface area (Å²) in [5, 5.41) is 21.4. The molecule has 0 amide bonds. The van der Waals surface area contributed by atoms with E-state index in [1.807, 2.05) is 13.8 Å². The molecule has 0 aromatic carbocycles. The fraction of sp³-hybridized carbons (Fsp3) is 0.500. The molecular formula is C6H8N6. The highest BCUT2D eigenvalue weighted by atomic mass is 15.4. The Morgan fingerprint density at radius 3 is 2.75 bits per heavy atom. The molecule has 2 rings (SSSR count). The van der Waals surface area contributed by atoms with E-state index in [-0.39, 0.29) is 5.92 Å². The van der Waals surface area contributed by atoms with Gasteiger partial charge in [0.1, 0.15) is 0 Å². The molecular weight excluding hydrogens is 156 g/mol. The summed E-state index contributed by atoms with van der Waals surface area (Å²) in [6.45, 7) is 4.05. The lowest BCUT2D eigenvalue weighted by atomic mass is 10.1. The van der Waals surface area contributed by atoms with Gasteiger partial charge in [-0.05, 0) is 11.1 Å². The first-order valence-corrected chi connectivity index (χ1v) is 3.69. The Labute approximate surface area is 68.4 Å². The summed E-state index contributed by atoms with van der Waals surface area (Å²) in [6, 6.07) is 0. The molecule has 62 valence electrons. The highest BCUT2D eigenvalue weighted by Gasteiger charge is 2.10. The molecule has 0 spiro atoms. The zero-order valence-electron chi connectivity index (χ0n) is 6.81. The van der Waals surface area contributed by atoms with Crippen LogP contribution in [-0.2, 0) is 0 Å². The van der Waals surface area contributed by atoms with Crippen molar-refractivity contribution < 1.29 is 0 Å². The maximum Gasteiger partial charge on any atom is 0.201 e. The number of hydrogen-bond donors (Lipinski definition) is 1. The molecule has 2 heterocycles. The third-order valence-corrected chi connectivity index (χ3v) is 1.62. The second-order valence-electron chi connectivity index (χ2n) is 2.84. The van der Waals surface area contributed by atoms with Crippen LogP contribution in [0.15, 0.2) is 0 Å². The Morgan fingerprint density at radius 1 is 1.17 bits per heavy atom. The second-order valence-corrected chi connectivity index (χ2v) is 2.84. The van der Waals surface area contributed by atoms with Crippen molar-refractivity contribution in [1.29, 1.82) is 0 Å². The number of aromatic amines is 1. The summed E-state index contributed by atoms with van der Waals surface area (Å²) < 4.78 is 0. The van der Waals surface area contributed by atoms with Crippen molar-refractivity contribution in [2.75, 3.05) is 0 Å². The van der Waals surface area contributed by atoms with Crippen LogP contribution < -0.4 is 0 Å². The van der Waals surface area contributed by atoms with E-state index in [1.165, 1.54) is 0 Å². The molecule has 0 aliphatic heterocycles. The average molecular weight is 164 g/mol. The van der Waals surface area contributed by atoms with Gasteiger partial charge in [-0.25, -0.2) is 5.10 Å². The van der Waals surface area contributed by atoms with Crippen LogP contribution in [0.1, 0.15) is 25.5 Å². The number of nitrogens with one attached hydrogen (secondary N) is 1. The van der Waals surface area contributed by atoms with Crippen molar-refractivity contribution in [2.24, 2.45) is 0 Å². The molecule has 0 aliphatic carbocycles. The summed E-state index contributed by atoms with van der Waals surface area (Å²) >= 11 is 0. The molecule has 0 atom stereocenters. The van der Waals surface area contributed by atoms with Gasteiger partial charge in [-0.15, -0.1) is 15.3 Å². The Bertz CT molecular complexity index is 392. The topological polar surface area (TPSA) is 80.2 Å². The number of aromatic nitrogens is 6. The Hall–Kier alpha value is -1.59. The van der Waals surface area contributed by atoms with Gasteiger partial charge in [0.25, 0.3) is 0 Å². The van der Waals surface area contributed by atoms with Gasteiger partial charge < -0.3 is 0 Å². The minimum atomic E-state index is 0.285. The van der Waals surface area contributed by atoms with Gasteiger partial charge >= 0.3 is 0 Å². The van der Waals surface area contributed by atoms with E-state index in [1.54, 1.807) is 0 Å². The zero-order valence-corrected chi connectivity index (χ0v) is 6.81. The number of H-pyrrole nitrogens is 1. The van der Waals surface area contributed by atoms with Crippen molar-refractivity contribution >= 4 is 11.2 Å². The Balaban J connectivity index is 2.73. The average Bonchev–Trinajstić information content (AvgIpc) is 2.49. The van der Waals surface area contributed by atoms with Gasteiger partial charge in [-0.1, -0.05) is 19.1 Å². The van der Waals surface area contributed by atoms with Gasteiger partial charge in [0, 0.05) is 0 Å². The number of nitrogens with zero attached hydrogens (tertiary/aromatic N) is 5. The fourth-order valence-electron chi connectivity index (χ4n) is 1.02. The van der Waals surface area contributed by atoms with Gasteiger partial charge in [-0.2, -0.15) is 0 Å². The van der Waals surface area contributed by atoms with Crippen molar-refractivity contribution in [3.8, 4) is 0 Å². The molecule has 6 heteroatoms. The first-order valence-electron chi connectivity index (χ1n) is 3.69. The minimum absolute atomic E-state index is 0.285. The van der Waals surface area contributed by atoms with Crippen molar-refractivity contribution in [2.45, 2.75) is 19.8 Å². The SMILES string of the molecule is CC(C)c1nnnc2[nH]nnc12. The monoisotopic (exact) mass is 164 g/mol. The van der Waals surface area contributed by atoms with Crippen LogP contribution in [0.25, 0.3) is 11.2 Å². The molecule has 12 heavy (non-hydrogen) atoms. The maximum absolute atomic E-state index is 3.90. The highest BCUT2D eigenvalue weighted by Crippen LogP contribution is 2.16. The molecule has 0 saturated heterocycles. The molecule has 2 aromatic heterocycles. The van der Waals surface area contributed by atoms with Crippen molar-refractivity contribution in [1.82, 2.24) is 30.8 Å². The third-order valence-electron chi connectivity index (χ3n) is 1.62. The Kier molecular flexibility index (Phi) is 1.46. The van der Waals surface area contributed by atoms with Crippen LogP contribution in [0.4, 0.5) is 0 Å². The third kappa shape index (κ3) is 0.919. The quantitative estimate of drug-likeness (QED) is 0.654. The van der Waals surface area contributed by atoms with E-state index in [2.05, 4.69) is 30.8 Å². The van der Waals surface area contributed by atoms with Gasteiger partial charge in [0.2, 0.25) is 5.65 Å². The first-order chi connectivity index (χ1) is 5.79. The molecule has 2 aromatic rings. The van der Waals surface area contributed by atoms with Crippen LogP contribution >= 0.6 is 0 Å². The van der Waals surface area contributed by atoms with E-state index in [0.717, 1.165) is 5.69 Å². The van der Waals surface area contributed by atoms with Crippen LogP contribution in [0.5, 0.6) is 0 Å². The van der Waals surface area contributed by atoms with Crippen molar-refractivity contribution in [3.05, 3.63) is 5.69 Å². The summed E-state index contributed by atoms with van der Waals surface area (Å²) in [5.74, 6) is 0.285. The summed E-state index contributed by atoms with van der Waals surface area (Å²) in [5.41, 5.74) is 2.13. The maximum atomic E-state index is 3.90. The summed E-state index contributed by atoms with van der Waals surface area (Å²) in [6.07, 6.45) is 0. The smallest absolute Gasteiger partial charge is 0.201 e. The molecule has 0 fully saturated rings. The predicted octanol–water partition coefficient (Wildman–Crippen LogP) is 0.266.